The molecule has 0 aliphatic carbocycles. The average molecular weight is 356 g/mol. The number of hydrogen-bond acceptors (Lipinski definition) is 5. The van der Waals surface area contributed by atoms with Gasteiger partial charge in [-0.15, -0.1) is 0 Å². The molecule has 1 fully saturated rings. The molecule has 2 rings (SSSR count). The minimum absolute atomic E-state index is 0.0259. The molecular weight excluding hydrogens is 334 g/mol. The van der Waals surface area contributed by atoms with Crippen LogP contribution in [0.4, 0.5) is 5.69 Å². The smallest absolute Gasteiger partial charge is 0.283 e. The summed E-state index contributed by atoms with van der Waals surface area (Å²) in [6, 6.07) is 4.04. The summed E-state index contributed by atoms with van der Waals surface area (Å²) in [5.41, 5.74) is -0.256. The predicted molar refractivity (Wildman–Crippen MR) is 91.5 cm³/mol. The van der Waals surface area contributed by atoms with Crippen LogP contribution in [-0.4, -0.2) is 54.1 Å². The molecule has 1 aromatic carbocycles. The fraction of sp³-hybridized carbons (Fsp3) is 0.562. The van der Waals surface area contributed by atoms with Crippen molar-refractivity contribution in [3.8, 4) is 0 Å². The fourth-order valence-electron chi connectivity index (χ4n) is 2.91. The largest absolute Gasteiger partial charge is 0.373 e. The van der Waals surface area contributed by atoms with Gasteiger partial charge in [-0.1, -0.05) is 11.6 Å². The van der Waals surface area contributed by atoms with Crippen molar-refractivity contribution in [2.75, 3.05) is 26.2 Å². The Kier molecular flexibility index (Phi) is 6.53. The molecule has 1 aromatic rings. The van der Waals surface area contributed by atoms with Crippen LogP contribution in [0.5, 0.6) is 0 Å². The Bertz CT molecular complexity index is 601. The van der Waals surface area contributed by atoms with E-state index in [0.717, 1.165) is 26.1 Å². The Balaban J connectivity index is 1.82. The quantitative estimate of drug-likeness (QED) is 0.481. The van der Waals surface area contributed by atoms with Gasteiger partial charge in [0, 0.05) is 37.3 Å². The SMILES string of the molecule is CC1CN(CCCNC(=O)c2ccc(Cl)cc2[N+](=O)[O-])CC(C)O1. The first-order chi connectivity index (χ1) is 11.4. The normalized spacial score (nSPS) is 21.5. The number of carbonyl (C=O) groups excluding carboxylic acids is 1. The summed E-state index contributed by atoms with van der Waals surface area (Å²) in [6.07, 6.45) is 1.19. The maximum Gasteiger partial charge on any atom is 0.283 e. The van der Waals surface area contributed by atoms with Crippen molar-refractivity contribution in [1.82, 2.24) is 10.2 Å². The molecule has 8 heteroatoms. The molecule has 0 aromatic heterocycles. The van der Waals surface area contributed by atoms with E-state index in [9.17, 15) is 14.9 Å². The second-order valence-corrected chi connectivity index (χ2v) is 6.48. The van der Waals surface area contributed by atoms with Gasteiger partial charge in [0.1, 0.15) is 5.56 Å². The van der Waals surface area contributed by atoms with Crippen LogP contribution in [0, 0.1) is 10.1 Å². The second kappa shape index (κ2) is 8.41. The molecule has 1 aliphatic heterocycles. The Morgan fingerprint density at radius 1 is 1.42 bits per heavy atom. The first-order valence-corrected chi connectivity index (χ1v) is 8.34. The average Bonchev–Trinajstić information content (AvgIpc) is 2.50. The highest BCUT2D eigenvalue weighted by Crippen LogP contribution is 2.23. The minimum atomic E-state index is -0.600. The van der Waals surface area contributed by atoms with Gasteiger partial charge in [-0.2, -0.15) is 0 Å². The Morgan fingerprint density at radius 3 is 2.71 bits per heavy atom. The van der Waals surface area contributed by atoms with E-state index < -0.39 is 10.8 Å². The van der Waals surface area contributed by atoms with Crippen LogP contribution in [0.15, 0.2) is 18.2 Å². The number of ether oxygens (including phenoxy) is 1. The number of nitro benzene ring substituents is 1. The van der Waals surface area contributed by atoms with Crippen LogP contribution >= 0.6 is 11.6 Å². The lowest BCUT2D eigenvalue weighted by atomic mass is 10.1. The van der Waals surface area contributed by atoms with E-state index in [-0.39, 0.29) is 28.5 Å². The number of nitrogens with zero attached hydrogens (tertiary/aromatic N) is 2. The molecular formula is C16H22ClN3O4. The Hall–Kier alpha value is -1.70. The van der Waals surface area contributed by atoms with Gasteiger partial charge in [0.15, 0.2) is 0 Å². The molecule has 1 aliphatic rings. The van der Waals surface area contributed by atoms with Crippen molar-refractivity contribution in [3.63, 3.8) is 0 Å². The summed E-state index contributed by atoms with van der Waals surface area (Å²) < 4.78 is 5.68. The highest BCUT2D eigenvalue weighted by atomic mass is 35.5. The molecule has 0 spiro atoms. The highest BCUT2D eigenvalue weighted by molar-refractivity contribution is 6.31. The zero-order valence-corrected chi connectivity index (χ0v) is 14.6. The third-order valence-electron chi connectivity index (χ3n) is 3.83. The zero-order valence-electron chi connectivity index (χ0n) is 13.8. The molecule has 1 saturated heterocycles. The molecule has 1 amide bonds. The molecule has 2 atom stereocenters. The molecule has 0 saturated carbocycles. The van der Waals surface area contributed by atoms with Gasteiger partial charge in [-0.3, -0.25) is 19.8 Å². The number of morpholine rings is 1. The van der Waals surface area contributed by atoms with E-state index in [1.807, 2.05) is 13.8 Å². The number of amides is 1. The Morgan fingerprint density at radius 2 is 2.08 bits per heavy atom. The van der Waals surface area contributed by atoms with Gasteiger partial charge in [0.2, 0.25) is 0 Å². The molecule has 132 valence electrons. The number of rotatable bonds is 6. The van der Waals surface area contributed by atoms with Gasteiger partial charge in [-0.25, -0.2) is 0 Å². The van der Waals surface area contributed by atoms with Crippen molar-refractivity contribution >= 4 is 23.2 Å². The predicted octanol–water partition coefficient (Wildman–Crippen LogP) is 2.48. The van der Waals surface area contributed by atoms with E-state index in [1.165, 1.54) is 18.2 Å². The van der Waals surface area contributed by atoms with E-state index in [2.05, 4.69) is 10.2 Å². The van der Waals surface area contributed by atoms with Crippen LogP contribution in [0.25, 0.3) is 0 Å². The third kappa shape index (κ3) is 5.15. The van der Waals surface area contributed by atoms with Gasteiger partial charge in [0.25, 0.3) is 11.6 Å². The summed E-state index contributed by atoms with van der Waals surface area (Å²) in [5, 5.41) is 14.0. The van der Waals surface area contributed by atoms with E-state index >= 15 is 0 Å². The van der Waals surface area contributed by atoms with Crippen molar-refractivity contribution in [2.45, 2.75) is 32.5 Å². The molecule has 2 unspecified atom stereocenters. The summed E-state index contributed by atoms with van der Waals surface area (Å²) in [5.74, 6) is -0.456. The van der Waals surface area contributed by atoms with Gasteiger partial charge in [-0.05, 0) is 32.4 Å². The number of carbonyl (C=O) groups is 1. The molecule has 0 radical (unpaired) electrons. The van der Waals surface area contributed by atoms with Crippen LogP contribution in [0.1, 0.15) is 30.6 Å². The number of benzene rings is 1. The molecule has 24 heavy (non-hydrogen) atoms. The zero-order chi connectivity index (χ0) is 17.7. The molecule has 0 bridgehead atoms. The maximum absolute atomic E-state index is 12.1. The van der Waals surface area contributed by atoms with Crippen molar-refractivity contribution in [1.29, 1.82) is 0 Å². The first-order valence-electron chi connectivity index (χ1n) is 7.96. The molecule has 1 heterocycles. The lowest BCUT2D eigenvalue weighted by Gasteiger charge is -2.35. The topological polar surface area (TPSA) is 84.7 Å². The second-order valence-electron chi connectivity index (χ2n) is 6.04. The van der Waals surface area contributed by atoms with E-state index in [4.69, 9.17) is 16.3 Å². The standard InChI is InChI=1S/C16H22ClN3O4/c1-11-9-19(10-12(2)24-11)7-3-6-18-16(21)14-5-4-13(17)8-15(14)20(22)23/h4-5,8,11-12H,3,6-7,9-10H2,1-2H3,(H,18,21). The lowest BCUT2D eigenvalue weighted by Crippen LogP contribution is -2.46. The van der Waals surface area contributed by atoms with Crippen molar-refractivity contribution in [2.24, 2.45) is 0 Å². The summed E-state index contributed by atoms with van der Waals surface area (Å²) in [7, 11) is 0. The van der Waals surface area contributed by atoms with Gasteiger partial charge in [0.05, 0.1) is 17.1 Å². The Labute approximate surface area is 146 Å². The summed E-state index contributed by atoms with van der Waals surface area (Å²) in [4.78, 5) is 24.9. The third-order valence-corrected chi connectivity index (χ3v) is 4.07. The van der Waals surface area contributed by atoms with E-state index in [1.54, 1.807) is 0 Å². The van der Waals surface area contributed by atoms with Crippen LogP contribution in [0.3, 0.4) is 0 Å². The van der Waals surface area contributed by atoms with Crippen LogP contribution < -0.4 is 5.32 Å². The van der Waals surface area contributed by atoms with E-state index in [0.29, 0.717) is 6.54 Å². The molecule has 7 nitrogen and oxygen atoms in total. The number of halogens is 1. The van der Waals surface area contributed by atoms with Gasteiger partial charge >= 0.3 is 0 Å². The summed E-state index contributed by atoms with van der Waals surface area (Å²) >= 11 is 5.75. The fourth-order valence-corrected chi connectivity index (χ4v) is 3.08. The van der Waals surface area contributed by atoms with Crippen LogP contribution in [-0.2, 0) is 4.74 Å². The van der Waals surface area contributed by atoms with Crippen molar-refractivity contribution in [3.05, 3.63) is 38.9 Å². The first kappa shape index (κ1) is 18.6. The monoisotopic (exact) mass is 355 g/mol. The minimum Gasteiger partial charge on any atom is -0.373 e. The summed E-state index contributed by atoms with van der Waals surface area (Å²) in [6.45, 7) is 7.15. The number of nitrogens with one attached hydrogen (secondary N) is 1. The number of nitro groups is 1. The molecule has 1 N–H and O–H groups in total. The van der Waals surface area contributed by atoms with Crippen molar-refractivity contribution < 1.29 is 14.5 Å². The maximum atomic E-state index is 12.1. The van der Waals surface area contributed by atoms with Gasteiger partial charge < -0.3 is 10.1 Å². The lowest BCUT2D eigenvalue weighted by molar-refractivity contribution is -0.385. The highest BCUT2D eigenvalue weighted by Gasteiger charge is 2.22. The number of hydrogen-bond donors (Lipinski definition) is 1. The van der Waals surface area contributed by atoms with Crippen LogP contribution in [0.2, 0.25) is 5.02 Å².